The lowest BCUT2D eigenvalue weighted by Gasteiger charge is -2.10. The van der Waals surface area contributed by atoms with Crippen LogP contribution in [0, 0.1) is 11.6 Å². The molecule has 26 heavy (non-hydrogen) atoms. The van der Waals surface area contributed by atoms with Gasteiger partial charge in [0.25, 0.3) is 5.91 Å². The van der Waals surface area contributed by atoms with Crippen molar-refractivity contribution in [3.05, 3.63) is 107 Å². The maximum Gasteiger partial charge on any atom is 0.252 e. The van der Waals surface area contributed by atoms with Gasteiger partial charge in [-0.2, -0.15) is 0 Å². The molecular weight excluding hydrogens is 336 g/mol. The number of nitrogens with one attached hydrogen (secondary N) is 1. The molecule has 3 aromatic rings. The highest BCUT2D eigenvalue weighted by atomic mass is 19.1. The van der Waals surface area contributed by atoms with Gasteiger partial charge in [0.1, 0.15) is 11.6 Å². The van der Waals surface area contributed by atoms with Crippen molar-refractivity contribution in [2.45, 2.75) is 6.54 Å². The lowest BCUT2D eigenvalue weighted by Crippen LogP contribution is -2.25. The van der Waals surface area contributed by atoms with Crippen molar-refractivity contribution < 1.29 is 18.4 Å². The van der Waals surface area contributed by atoms with Crippen LogP contribution in [-0.2, 0) is 6.54 Å². The Kier molecular flexibility index (Phi) is 5.17. The molecule has 0 heterocycles. The van der Waals surface area contributed by atoms with Crippen molar-refractivity contribution in [3.8, 4) is 0 Å². The van der Waals surface area contributed by atoms with E-state index in [0.29, 0.717) is 5.56 Å². The van der Waals surface area contributed by atoms with E-state index in [9.17, 15) is 18.4 Å². The van der Waals surface area contributed by atoms with Gasteiger partial charge in [0.05, 0.1) is 5.56 Å². The first-order valence-electron chi connectivity index (χ1n) is 7.96. The van der Waals surface area contributed by atoms with E-state index in [0.717, 1.165) is 0 Å². The number of halogens is 2. The zero-order valence-electron chi connectivity index (χ0n) is 13.7. The summed E-state index contributed by atoms with van der Waals surface area (Å²) in [5.41, 5.74) is 1.33. The Morgan fingerprint density at radius 2 is 1.46 bits per heavy atom. The molecule has 0 radical (unpaired) electrons. The fourth-order valence-electron chi connectivity index (χ4n) is 2.56. The molecule has 1 amide bonds. The van der Waals surface area contributed by atoms with Crippen molar-refractivity contribution in [1.29, 1.82) is 0 Å². The third-order valence-electron chi connectivity index (χ3n) is 3.86. The third-order valence-corrected chi connectivity index (χ3v) is 3.86. The molecule has 0 fully saturated rings. The van der Waals surface area contributed by atoms with Gasteiger partial charge < -0.3 is 5.32 Å². The molecular formula is C21H15F2NO2. The molecule has 0 spiro atoms. The van der Waals surface area contributed by atoms with Gasteiger partial charge >= 0.3 is 0 Å². The topological polar surface area (TPSA) is 46.2 Å². The SMILES string of the molecule is O=C(NCc1cccc(F)c1)c1ccccc1C(=O)c1ccc(F)cc1. The van der Waals surface area contributed by atoms with Crippen LogP contribution in [0.15, 0.2) is 72.8 Å². The number of rotatable bonds is 5. The standard InChI is InChI=1S/C21H15F2NO2/c22-16-10-8-15(9-11-16)20(25)18-6-1-2-7-19(18)21(26)24-13-14-4-3-5-17(23)12-14/h1-12H,13H2,(H,24,26). The molecule has 5 heteroatoms. The van der Waals surface area contributed by atoms with Gasteiger partial charge in [0.2, 0.25) is 0 Å². The van der Waals surface area contributed by atoms with Crippen molar-refractivity contribution in [2.75, 3.05) is 0 Å². The summed E-state index contributed by atoms with van der Waals surface area (Å²) in [4.78, 5) is 25.1. The molecule has 0 aliphatic carbocycles. The monoisotopic (exact) mass is 351 g/mol. The number of carbonyl (C=O) groups excluding carboxylic acids is 2. The zero-order chi connectivity index (χ0) is 18.5. The highest BCUT2D eigenvalue weighted by Gasteiger charge is 2.18. The van der Waals surface area contributed by atoms with E-state index in [-0.39, 0.29) is 34.8 Å². The van der Waals surface area contributed by atoms with Crippen molar-refractivity contribution in [2.24, 2.45) is 0 Å². The number of benzene rings is 3. The Bertz CT molecular complexity index is 952. The molecule has 3 nitrogen and oxygen atoms in total. The summed E-state index contributed by atoms with van der Waals surface area (Å²) >= 11 is 0. The fraction of sp³-hybridized carbons (Fsp3) is 0.0476. The van der Waals surface area contributed by atoms with E-state index in [4.69, 9.17) is 0 Å². The third kappa shape index (κ3) is 4.00. The molecule has 0 saturated carbocycles. The first kappa shape index (κ1) is 17.5. The van der Waals surface area contributed by atoms with E-state index in [1.807, 2.05) is 0 Å². The maximum atomic E-state index is 13.2. The summed E-state index contributed by atoms with van der Waals surface area (Å²) in [5, 5.41) is 2.68. The second-order valence-electron chi connectivity index (χ2n) is 5.69. The first-order valence-corrected chi connectivity index (χ1v) is 7.96. The number of hydrogen-bond donors (Lipinski definition) is 1. The van der Waals surface area contributed by atoms with Gasteiger partial charge in [-0.3, -0.25) is 9.59 Å². The minimum absolute atomic E-state index is 0.135. The zero-order valence-corrected chi connectivity index (χ0v) is 13.7. The van der Waals surface area contributed by atoms with Crippen molar-refractivity contribution >= 4 is 11.7 Å². The number of hydrogen-bond acceptors (Lipinski definition) is 2. The smallest absolute Gasteiger partial charge is 0.252 e. The van der Waals surface area contributed by atoms with Crippen LogP contribution in [0.2, 0.25) is 0 Å². The van der Waals surface area contributed by atoms with Crippen LogP contribution in [-0.4, -0.2) is 11.7 Å². The van der Waals surface area contributed by atoms with Gasteiger partial charge in [-0.15, -0.1) is 0 Å². The first-order chi connectivity index (χ1) is 12.5. The quantitative estimate of drug-likeness (QED) is 0.703. The Labute approximate surface area is 149 Å². The van der Waals surface area contributed by atoms with Gasteiger partial charge in [-0.25, -0.2) is 8.78 Å². The molecule has 0 aliphatic rings. The van der Waals surface area contributed by atoms with Gasteiger partial charge in [-0.05, 0) is 48.0 Å². The Balaban J connectivity index is 1.81. The largest absolute Gasteiger partial charge is 0.348 e. The summed E-state index contributed by atoms with van der Waals surface area (Å²) in [6.07, 6.45) is 0. The van der Waals surface area contributed by atoms with Gasteiger partial charge in [0.15, 0.2) is 5.78 Å². The fourth-order valence-corrected chi connectivity index (χ4v) is 2.56. The Hall–Kier alpha value is -3.34. The van der Waals surface area contributed by atoms with Gasteiger partial charge in [-0.1, -0.05) is 30.3 Å². The predicted molar refractivity (Wildman–Crippen MR) is 93.8 cm³/mol. The lowest BCUT2D eigenvalue weighted by molar-refractivity contribution is 0.0939. The molecule has 3 rings (SSSR count). The van der Waals surface area contributed by atoms with Crippen molar-refractivity contribution in [1.82, 2.24) is 5.32 Å². The summed E-state index contributed by atoms with van der Waals surface area (Å²) in [6.45, 7) is 0.135. The van der Waals surface area contributed by atoms with Crippen LogP contribution in [0.5, 0.6) is 0 Å². The van der Waals surface area contributed by atoms with Crippen molar-refractivity contribution in [3.63, 3.8) is 0 Å². The second-order valence-corrected chi connectivity index (χ2v) is 5.69. The average molecular weight is 351 g/mol. The summed E-state index contributed by atoms with van der Waals surface area (Å²) < 4.78 is 26.3. The molecule has 0 unspecified atom stereocenters. The van der Waals surface area contributed by atoms with Gasteiger partial charge in [0, 0.05) is 17.7 Å². The summed E-state index contributed by atoms with van der Waals surface area (Å²) in [6, 6.07) is 17.4. The van der Waals surface area contributed by atoms with E-state index < -0.39 is 11.7 Å². The van der Waals surface area contributed by atoms with Crippen LogP contribution in [0.3, 0.4) is 0 Å². The minimum atomic E-state index is -0.444. The van der Waals surface area contributed by atoms with E-state index >= 15 is 0 Å². The Morgan fingerprint density at radius 3 is 2.15 bits per heavy atom. The molecule has 3 aromatic carbocycles. The minimum Gasteiger partial charge on any atom is -0.348 e. The average Bonchev–Trinajstić information content (AvgIpc) is 2.66. The van der Waals surface area contributed by atoms with Crippen LogP contribution >= 0.6 is 0 Å². The van der Waals surface area contributed by atoms with E-state index in [1.54, 1.807) is 30.3 Å². The predicted octanol–water partition coefficient (Wildman–Crippen LogP) is 4.13. The lowest BCUT2D eigenvalue weighted by atomic mass is 9.98. The van der Waals surface area contributed by atoms with Crippen LogP contribution < -0.4 is 5.32 Å². The molecule has 0 bridgehead atoms. The number of amides is 1. The molecule has 0 saturated heterocycles. The highest BCUT2D eigenvalue weighted by Crippen LogP contribution is 2.16. The maximum absolute atomic E-state index is 13.2. The number of ketones is 1. The summed E-state index contributed by atoms with van der Waals surface area (Å²) in [5.74, 6) is -1.65. The molecule has 130 valence electrons. The Morgan fingerprint density at radius 1 is 0.769 bits per heavy atom. The second kappa shape index (κ2) is 7.70. The summed E-state index contributed by atoms with van der Waals surface area (Å²) in [7, 11) is 0. The van der Waals surface area contributed by atoms with Crippen LogP contribution in [0.4, 0.5) is 8.78 Å². The van der Waals surface area contributed by atoms with E-state index in [1.165, 1.54) is 42.5 Å². The van der Waals surface area contributed by atoms with Crippen LogP contribution in [0.25, 0.3) is 0 Å². The van der Waals surface area contributed by atoms with Crippen LogP contribution in [0.1, 0.15) is 31.8 Å². The molecule has 1 N–H and O–H groups in total. The van der Waals surface area contributed by atoms with E-state index in [2.05, 4.69) is 5.32 Å². The molecule has 0 atom stereocenters. The molecule has 0 aromatic heterocycles. The normalized spacial score (nSPS) is 10.4. The molecule has 0 aliphatic heterocycles. The number of carbonyl (C=O) groups is 2. The highest BCUT2D eigenvalue weighted by molar-refractivity contribution is 6.15.